The largest absolute Gasteiger partial charge is 0.507 e. The van der Waals surface area contributed by atoms with Crippen LogP contribution in [-0.4, -0.2) is 79.7 Å². The van der Waals surface area contributed by atoms with Crippen LogP contribution in [0, 0.1) is 0 Å². The number of ether oxygens (including phenoxy) is 3. The van der Waals surface area contributed by atoms with Crippen LogP contribution in [0.5, 0.6) is 17.2 Å². The second kappa shape index (κ2) is 9.10. The van der Waals surface area contributed by atoms with Gasteiger partial charge in [-0.05, 0) is 26.8 Å². The van der Waals surface area contributed by atoms with E-state index < -0.39 is 82.2 Å². The van der Waals surface area contributed by atoms with Crippen LogP contribution in [0.3, 0.4) is 0 Å². The maximum atomic E-state index is 13.7. The average Bonchev–Trinajstić information content (AvgIpc) is 2.86. The summed E-state index contributed by atoms with van der Waals surface area (Å²) in [4.78, 5) is 39.7. The standard InChI is InChI=1S/C28H30O11/c1-11-26(34)27(3,35)10-17(38-11)39-16-9-28(36,12(2)29)8-14-19(16)25(33)21-20(23(14)31)22(30)13-6-5-7-15(37-4)18(13)24(21)32/h5-7,11,16-17,26,31,33-36H,8-10H2,1-4H3/t11?,16-,17?,26?,27?,28-/m0/s1. The van der Waals surface area contributed by atoms with Crippen LogP contribution in [-0.2, 0) is 20.7 Å². The van der Waals surface area contributed by atoms with Crippen molar-refractivity contribution >= 4 is 17.3 Å². The molecule has 208 valence electrons. The van der Waals surface area contributed by atoms with Crippen LogP contribution < -0.4 is 4.74 Å². The van der Waals surface area contributed by atoms with Crippen molar-refractivity contribution in [2.24, 2.45) is 0 Å². The molecular formula is C28H30O11. The molecule has 1 saturated heterocycles. The second-order valence-corrected chi connectivity index (χ2v) is 10.8. The third-order valence-corrected chi connectivity index (χ3v) is 8.08. The number of fused-ring (bicyclic) bond motifs is 3. The molecule has 0 spiro atoms. The quantitative estimate of drug-likeness (QED) is 0.301. The Kier molecular flexibility index (Phi) is 6.36. The number of Topliss-reactive ketones (excluding diaryl/α,β-unsaturated/α-hetero) is 1. The molecule has 1 aliphatic heterocycles. The first-order valence-electron chi connectivity index (χ1n) is 12.5. The number of phenols is 2. The van der Waals surface area contributed by atoms with Gasteiger partial charge in [-0.2, -0.15) is 0 Å². The van der Waals surface area contributed by atoms with Gasteiger partial charge in [0.25, 0.3) is 0 Å². The fourth-order valence-corrected chi connectivity index (χ4v) is 5.89. The summed E-state index contributed by atoms with van der Waals surface area (Å²) in [6, 6.07) is 4.40. The molecule has 11 nitrogen and oxygen atoms in total. The minimum absolute atomic E-state index is 0.0303. The molecule has 2 aromatic rings. The van der Waals surface area contributed by atoms with Gasteiger partial charge in [0.2, 0.25) is 5.78 Å². The van der Waals surface area contributed by atoms with Crippen molar-refractivity contribution in [3.8, 4) is 17.2 Å². The highest BCUT2D eigenvalue weighted by Crippen LogP contribution is 2.52. The summed E-state index contributed by atoms with van der Waals surface area (Å²) < 4.78 is 17.0. The Labute approximate surface area is 223 Å². The number of aliphatic hydroxyl groups excluding tert-OH is 1. The Morgan fingerprint density at radius 2 is 1.72 bits per heavy atom. The van der Waals surface area contributed by atoms with Crippen molar-refractivity contribution in [2.45, 2.75) is 75.8 Å². The van der Waals surface area contributed by atoms with E-state index in [1.807, 2.05) is 0 Å². The van der Waals surface area contributed by atoms with Crippen LogP contribution >= 0.6 is 0 Å². The van der Waals surface area contributed by atoms with E-state index >= 15 is 0 Å². The molecule has 11 heteroatoms. The number of carbonyl (C=O) groups is 3. The zero-order chi connectivity index (χ0) is 28.6. The Balaban J connectivity index is 1.68. The molecule has 2 aromatic carbocycles. The maximum Gasteiger partial charge on any atom is 0.202 e. The molecule has 0 aromatic heterocycles. The normalized spacial score (nSPS) is 31.8. The number of benzene rings is 2. The number of hydrogen-bond acceptors (Lipinski definition) is 11. The fourth-order valence-electron chi connectivity index (χ4n) is 5.89. The lowest BCUT2D eigenvalue weighted by atomic mass is 9.72. The van der Waals surface area contributed by atoms with Crippen molar-refractivity contribution in [2.75, 3.05) is 7.11 Å². The molecule has 2 aliphatic carbocycles. The van der Waals surface area contributed by atoms with Gasteiger partial charge in [0.05, 0.1) is 41.6 Å². The first kappa shape index (κ1) is 27.2. The highest BCUT2D eigenvalue weighted by atomic mass is 16.7. The Bertz CT molecular complexity index is 1410. The van der Waals surface area contributed by atoms with Gasteiger partial charge in [-0.1, -0.05) is 12.1 Å². The summed E-state index contributed by atoms with van der Waals surface area (Å²) in [7, 11) is 1.33. The molecule has 0 bridgehead atoms. The number of aromatic hydroxyl groups is 2. The number of methoxy groups -OCH3 is 1. The smallest absolute Gasteiger partial charge is 0.202 e. The summed E-state index contributed by atoms with van der Waals surface area (Å²) in [5.41, 5.74) is -4.84. The molecule has 5 N–H and O–H groups in total. The molecule has 3 aliphatic rings. The number of ketones is 3. The van der Waals surface area contributed by atoms with Crippen molar-refractivity contribution in [3.63, 3.8) is 0 Å². The molecule has 0 amide bonds. The minimum Gasteiger partial charge on any atom is -0.507 e. The van der Waals surface area contributed by atoms with Crippen LogP contribution in [0.2, 0.25) is 0 Å². The monoisotopic (exact) mass is 542 g/mol. The number of rotatable bonds is 4. The minimum atomic E-state index is -2.04. The van der Waals surface area contributed by atoms with E-state index in [0.29, 0.717) is 0 Å². The third-order valence-electron chi connectivity index (χ3n) is 8.08. The molecule has 1 heterocycles. The lowest BCUT2D eigenvalue weighted by molar-refractivity contribution is -0.287. The van der Waals surface area contributed by atoms with Crippen LogP contribution in [0.1, 0.15) is 82.7 Å². The zero-order valence-electron chi connectivity index (χ0n) is 21.8. The van der Waals surface area contributed by atoms with Crippen molar-refractivity contribution in [1.29, 1.82) is 0 Å². The third kappa shape index (κ3) is 4.04. The van der Waals surface area contributed by atoms with Gasteiger partial charge in [-0.15, -0.1) is 0 Å². The number of carbonyl (C=O) groups excluding carboxylic acids is 3. The van der Waals surface area contributed by atoms with Gasteiger partial charge in [-0.3, -0.25) is 14.4 Å². The van der Waals surface area contributed by atoms with Gasteiger partial charge >= 0.3 is 0 Å². The van der Waals surface area contributed by atoms with E-state index in [1.165, 1.54) is 39.2 Å². The Morgan fingerprint density at radius 1 is 1.05 bits per heavy atom. The maximum absolute atomic E-state index is 13.7. The summed E-state index contributed by atoms with van der Waals surface area (Å²) in [6.07, 6.45) is -5.53. The lowest BCUT2D eigenvalue weighted by Crippen LogP contribution is -2.55. The summed E-state index contributed by atoms with van der Waals surface area (Å²) >= 11 is 0. The number of phenolic OH excluding ortho intramolecular Hbond substituents is 2. The molecule has 39 heavy (non-hydrogen) atoms. The van der Waals surface area contributed by atoms with Crippen LogP contribution in [0.25, 0.3) is 0 Å². The van der Waals surface area contributed by atoms with Crippen LogP contribution in [0.4, 0.5) is 0 Å². The Morgan fingerprint density at radius 3 is 2.33 bits per heavy atom. The number of hydrogen-bond donors (Lipinski definition) is 5. The van der Waals surface area contributed by atoms with Gasteiger partial charge < -0.3 is 39.7 Å². The predicted molar refractivity (Wildman–Crippen MR) is 133 cm³/mol. The van der Waals surface area contributed by atoms with E-state index in [-0.39, 0.29) is 40.8 Å². The average molecular weight is 543 g/mol. The van der Waals surface area contributed by atoms with Gasteiger partial charge in [-0.25, -0.2) is 0 Å². The first-order valence-corrected chi connectivity index (χ1v) is 12.5. The fraction of sp³-hybridized carbons (Fsp3) is 0.464. The zero-order valence-corrected chi connectivity index (χ0v) is 21.8. The molecule has 0 saturated carbocycles. The second-order valence-electron chi connectivity index (χ2n) is 10.8. The van der Waals surface area contributed by atoms with E-state index in [0.717, 1.165) is 6.92 Å². The molecular weight excluding hydrogens is 512 g/mol. The molecule has 4 unspecified atom stereocenters. The number of aliphatic hydroxyl groups is 3. The van der Waals surface area contributed by atoms with E-state index in [2.05, 4.69) is 0 Å². The van der Waals surface area contributed by atoms with Crippen LogP contribution in [0.15, 0.2) is 18.2 Å². The van der Waals surface area contributed by atoms with Gasteiger partial charge in [0.15, 0.2) is 17.9 Å². The van der Waals surface area contributed by atoms with E-state index in [9.17, 15) is 39.9 Å². The topological polar surface area (TPSA) is 180 Å². The Hall–Kier alpha value is -3.35. The van der Waals surface area contributed by atoms with Crippen molar-refractivity contribution in [1.82, 2.24) is 0 Å². The predicted octanol–water partition coefficient (Wildman–Crippen LogP) is 1.45. The lowest BCUT2D eigenvalue weighted by Gasteiger charge is -2.44. The SMILES string of the molecule is COc1cccc2c1C(=O)c1c(O)c3c(c(O)c1C2=O)C[C@@](O)(C(C)=O)C[C@@H]3OC1CC(C)(O)C(O)C(C)O1. The highest BCUT2D eigenvalue weighted by Gasteiger charge is 2.50. The molecule has 0 radical (unpaired) electrons. The van der Waals surface area contributed by atoms with E-state index in [4.69, 9.17) is 14.2 Å². The molecule has 5 rings (SSSR count). The highest BCUT2D eigenvalue weighted by molar-refractivity contribution is 6.31. The van der Waals surface area contributed by atoms with Gasteiger partial charge in [0, 0.05) is 36.0 Å². The first-order chi connectivity index (χ1) is 18.2. The van der Waals surface area contributed by atoms with E-state index in [1.54, 1.807) is 0 Å². The van der Waals surface area contributed by atoms with Crippen molar-refractivity contribution < 1.29 is 54.1 Å². The molecule has 6 atom stereocenters. The van der Waals surface area contributed by atoms with Crippen molar-refractivity contribution in [3.05, 3.63) is 51.6 Å². The van der Waals surface area contributed by atoms with Gasteiger partial charge in [0.1, 0.15) is 29.0 Å². The summed E-state index contributed by atoms with van der Waals surface area (Å²) in [5.74, 6) is -3.32. The molecule has 1 fully saturated rings. The summed E-state index contributed by atoms with van der Waals surface area (Å²) in [5, 5.41) is 55.0. The summed E-state index contributed by atoms with van der Waals surface area (Å²) in [6.45, 7) is 4.10.